The maximum atomic E-state index is 14.7. The van der Waals surface area contributed by atoms with Crippen LogP contribution in [-0.2, 0) is 6.54 Å². The summed E-state index contributed by atoms with van der Waals surface area (Å²) in [5.41, 5.74) is 7.70. The summed E-state index contributed by atoms with van der Waals surface area (Å²) in [5, 5.41) is 2.62. The number of amides is 1. The standard InChI is InChI=1S/C24H23FN4OSi/c1-26-24(30)23-21-14-27-22(17-7-5-6-8-19(17)25)18-13-16(11-12-31(2,3)4)9-10-20(18)29(21)15-28-23/h5-10,13,15H,14H2,1-4H3,(H,26,30). The molecule has 3 aromatic rings. The van der Waals surface area contributed by atoms with E-state index >= 15 is 0 Å². The van der Waals surface area contributed by atoms with E-state index in [9.17, 15) is 9.18 Å². The van der Waals surface area contributed by atoms with E-state index in [1.54, 1.807) is 31.6 Å². The second-order valence-corrected chi connectivity index (χ2v) is 13.1. The number of benzene rings is 2. The SMILES string of the molecule is CNC(=O)c1ncn2c1CN=C(c1ccccc1F)c1cc(C#C[Si](C)(C)C)ccc1-2. The van der Waals surface area contributed by atoms with Crippen LogP contribution >= 0.6 is 0 Å². The zero-order chi connectivity index (χ0) is 22.2. The fraction of sp³-hybridized carbons (Fsp3) is 0.208. The molecule has 31 heavy (non-hydrogen) atoms. The first kappa shape index (κ1) is 20.8. The number of aromatic nitrogens is 2. The second-order valence-electron chi connectivity index (χ2n) is 8.37. The van der Waals surface area contributed by atoms with E-state index in [1.807, 2.05) is 22.8 Å². The highest BCUT2D eigenvalue weighted by Gasteiger charge is 2.25. The van der Waals surface area contributed by atoms with Crippen LogP contribution < -0.4 is 5.32 Å². The quantitative estimate of drug-likeness (QED) is 0.494. The highest BCUT2D eigenvalue weighted by Crippen LogP contribution is 2.28. The largest absolute Gasteiger partial charge is 0.354 e. The Labute approximate surface area is 182 Å². The maximum absolute atomic E-state index is 14.7. The van der Waals surface area contributed by atoms with Gasteiger partial charge in [0.05, 0.1) is 23.6 Å². The molecule has 7 heteroatoms. The fourth-order valence-corrected chi connectivity index (χ4v) is 3.96. The third-order valence-corrected chi connectivity index (χ3v) is 5.79. The van der Waals surface area contributed by atoms with Crippen LogP contribution in [0.25, 0.3) is 5.69 Å². The minimum atomic E-state index is -1.56. The van der Waals surface area contributed by atoms with Crippen LogP contribution in [0.5, 0.6) is 0 Å². The lowest BCUT2D eigenvalue weighted by Gasteiger charge is -2.13. The lowest BCUT2D eigenvalue weighted by Crippen LogP contribution is -2.20. The van der Waals surface area contributed by atoms with Gasteiger partial charge in [-0.1, -0.05) is 37.7 Å². The molecule has 4 rings (SSSR count). The average molecular weight is 431 g/mol. The van der Waals surface area contributed by atoms with Gasteiger partial charge in [-0.15, -0.1) is 5.54 Å². The van der Waals surface area contributed by atoms with Gasteiger partial charge in [0.1, 0.15) is 20.2 Å². The molecule has 0 saturated carbocycles. The van der Waals surface area contributed by atoms with E-state index in [0.29, 0.717) is 22.7 Å². The van der Waals surface area contributed by atoms with E-state index in [-0.39, 0.29) is 18.3 Å². The molecule has 1 aromatic heterocycles. The molecule has 2 heterocycles. The Morgan fingerprint density at radius 1 is 1.16 bits per heavy atom. The summed E-state index contributed by atoms with van der Waals surface area (Å²) in [6, 6.07) is 12.4. The Balaban J connectivity index is 1.96. The minimum absolute atomic E-state index is 0.205. The van der Waals surface area contributed by atoms with Gasteiger partial charge in [-0.25, -0.2) is 9.37 Å². The molecule has 5 nitrogen and oxygen atoms in total. The van der Waals surface area contributed by atoms with Crippen molar-refractivity contribution < 1.29 is 9.18 Å². The zero-order valence-electron chi connectivity index (χ0n) is 18.0. The number of hydrogen-bond donors (Lipinski definition) is 1. The Hall–Kier alpha value is -3.50. The van der Waals surface area contributed by atoms with Gasteiger partial charge in [0.25, 0.3) is 5.91 Å². The van der Waals surface area contributed by atoms with Gasteiger partial charge in [-0.2, -0.15) is 0 Å². The van der Waals surface area contributed by atoms with Crippen molar-refractivity contribution in [3.05, 3.63) is 82.7 Å². The minimum Gasteiger partial charge on any atom is -0.354 e. The van der Waals surface area contributed by atoms with Crippen molar-refractivity contribution >= 4 is 19.7 Å². The molecule has 1 amide bonds. The summed E-state index contributed by atoms with van der Waals surface area (Å²) in [4.78, 5) is 21.3. The fourth-order valence-electron chi connectivity index (χ4n) is 3.44. The smallest absolute Gasteiger partial charge is 0.271 e. The van der Waals surface area contributed by atoms with Crippen molar-refractivity contribution in [2.24, 2.45) is 4.99 Å². The number of hydrogen-bond acceptors (Lipinski definition) is 3. The van der Waals surface area contributed by atoms with Crippen molar-refractivity contribution in [2.75, 3.05) is 7.05 Å². The van der Waals surface area contributed by atoms with Crippen LogP contribution in [0.15, 0.2) is 53.8 Å². The third kappa shape index (κ3) is 4.07. The normalized spacial score (nSPS) is 12.6. The molecule has 0 bridgehead atoms. The monoisotopic (exact) mass is 430 g/mol. The summed E-state index contributed by atoms with van der Waals surface area (Å²) in [5.74, 6) is 2.65. The highest BCUT2D eigenvalue weighted by atomic mass is 28.3. The van der Waals surface area contributed by atoms with Crippen molar-refractivity contribution in [3.8, 4) is 17.2 Å². The van der Waals surface area contributed by atoms with Gasteiger partial charge >= 0.3 is 0 Å². The molecule has 0 saturated heterocycles. The van der Waals surface area contributed by atoms with Gasteiger partial charge < -0.3 is 5.32 Å². The molecule has 0 radical (unpaired) electrons. The van der Waals surface area contributed by atoms with Crippen LogP contribution in [0.3, 0.4) is 0 Å². The second kappa shape index (κ2) is 7.97. The summed E-state index contributed by atoms with van der Waals surface area (Å²) in [6.45, 7) is 6.77. The van der Waals surface area contributed by atoms with Gasteiger partial charge in [0.15, 0.2) is 5.69 Å². The van der Waals surface area contributed by atoms with E-state index in [1.165, 1.54) is 6.07 Å². The Bertz CT molecular complexity index is 1270. The van der Waals surface area contributed by atoms with Gasteiger partial charge in [-0.05, 0) is 30.3 Å². The van der Waals surface area contributed by atoms with Crippen LogP contribution in [0.1, 0.15) is 32.9 Å². The molecule has 1 aliphatic rings. The maximum Gasteiger partial charge on any atom is 0.271 e. The van der Waals surface area contributed by atoms with Crippen molar-refractivity contribution in [3.63, 3.8) is 0 Å². The molecule has 1 aliphatic heterocycles. The number of imidazole rings is 1. The summed E-state index contributed by atoms with van der Waals surface area (Å²) in [7, 11) is 0.00821. The van der Waals surface area contributed by atoms with E-state index in [2.05, 4.69) is 41.4 Å². The summed E-state index contributed by atoms with van der Waals surface area (Å²) in [6.07, 6.45) is 1.62. The molecule has 156 valence electrons. The lowest BCUT2D eigenvalue weighted by atomic mass is 9.98. The number of nitrogens with one attached hydrogen (secondary N) is 1. The van der Waals surface area contributed by atoms with E-state index in [0.717, 1.165) is 16.8 Å². The predicted molar refractivity (Wildman–Crippen MR) is 123 cm³/mol. The molecule has 0 atom stereocenters. The number of aliphatic imine (C=N–C) groups is 1. The zero-order valence-corrected chi connectivity index (χ0v) is 19.0. The number of carbonyl (C=O) groups is 1. The molecule has 0 fully saturated rings. The summed E-state index contributed by atoms with van der Waals surface area (Å²) >= 11 is 0. The lowest BCUT2D eigenvalue weighted by molar-refractivity contribution is 0.0957. The van der Waals surface area contributed by atoms with Gasteiger partial charge in [0.2, 0.25) is 0 Å². The number of nitrogens with zero attached hydrogens (tertiary/aromatic N) is 3. The van der Waals surface area contributed by atoms with Crippen LogP contribution in [0.2, 0.25) is 19.6 Å². The number of carbonyl (C=O) groups excluding carboxylic acids is 1. The van der Waals surface area contributed by atoms with Gasteiger partial charge in [-0.3, -0.25) is 14.4 Å². The van der Waals surface area contributed by atoms with Gasteiger partial charge in [0, 0.05) is 23.7 Å². The van der Waals surface area contributed by atoms with Crippen molar-refractivity contribution in [2.45, 2.75) is 26.2 Å². The summed E-state index contributed by atoms with van der Waals surface area (Å²) < 4.78 is 16.6. The molecule has 1 N–H and O–H groups in total. The first-order chi connectivity index (χ1) is 14.8. The highest BCUT2D eigenvalue weighted by molar-refractivity contribution is 6.83. The van der Waals surface area contributed by atoms with Crippen LogP contribution in [0.4, 0.5) is 4.39 Å². The Kier molecular flexibility index (Phi) is 5.33. The third-order valence-electron chi connectivity index (χ3n) is 4.92. The number of fused-ring (bicyclic) bond motifs is 3. The molecule has 0 aliphatic carbocycles. The van der Waals surface area contributed by atoms with Crippen molar-refractivity contribution in [1.29, 1.82) is 0 Å². The first-order valence-corrected chi connectivity index (χ1v) is 13.5. The molecule has 0 spiro atoms. The average Bonchev–Trinajstić information content (AvgIpc) is 3.09. The Morgan fingerprint density at radius 3 is 2.65 bits per heavy atom. The topological polar surface area (TPSA) is 59.3 Å². The Morgan fingerprint density at radius 2 is 1.94 bits per heavy atom. The number of halogens is 1. The van der Waals surface area contributed by atoms with E-state index in [4.69, 9.17) is 4.99 Å². The number of rotatable bonds is 2. The molecule has 2 aromatic carbocycles. The molecular formula is C24H23FN4OSi. The molecular weight excluding hydrogens is 407 g/mol. The van der Waals surface area contributed by atoms with Crippen molar-refractivity contribution in [1.82, 2.24) is 14.9 Å². The molecule has 0 unspecified atom stereocenters. The van der Waals surface area contributed by atoms with E-state index < -0.39 is 8.07 Å². The van der Waals surface area contributed by atoms with Crippen LogP contribution in [-0.4, -0.2) is 36.3 Å². The first-order valence-electron chi connectivity index (χ1n) is 10.0. The predicted octanol–water partition coefficient (Wildman–Crippen LogP) is 3.95. The van der Waals surface area contributed by atoms with Crippen LogP contribution in [0, 0.1) is 17.3 Å².